The number of aromatic hydroxyl groups is 1. The van der Waals surface area contributed by atoms with Crippen LogP contribution in [0.5, 0.6) is 5.75 Å². The topological polar surface area (TPSA) is 82.7 Å². The fourth-order valence-electron chi connectivity index (χ4n) is 0.821. The van der Waals surface area contributed by atoms with Crippen LogP contribution in [0.15, 0.2) is 23.3 Å². The molecule has 7 heteroatoms. The zero-order chi connectivity index (χ0) is 11.3. The van der Waals surface area contributed by atoms with Crippen molar-refractivity contribution in [1.82, 2.24) is 10.9 Å². The minimum Gasteiger partial charge on any atom is -0.507 e. The number of benzene rings is 1. The van der Waals surface area contributed by atoms with Crippen LogP contribution in [0.3, 0.4) is 0 Å². The third-order valence-corrected chi connectivity index (χ3v) is 1.93. The molecule has 0 saturated carbocycles. The summed E-state index contributed by atoms with van der Waals surface area (Å²) in [7, 11) is 0. The molecule has 0 aliphatic carbocycles. The smallest absolute Gasteiger partial charge is 0.201 e. The number of hydrogen-bond donors (Lipinski definition) is 4. The highest BCUT2D eigenvalue weighted by molar-refractivity contribution is 7.80. The van der Waals surface area contributed by atoms with E-state index in [4.69, 9.17) is 17.4 Å². The van der Waals surface area contributed by atoms with E-state index in [0.717, 1.165) is 0 Å². The van der Waals surface area contributed by atoms with Gasteiger partial charge in [-0.1, -0.05) is 11.6 Å². The summed E-state index contributed by atoms with van der Waals surface area (Å²) < 4.78 is 0. The molecule has 1 aromatic carbocycles. The van der Waals surface area contributed by atoms with E-state index in [1.807, 2.05) is 0 Å². The first-order chi connectivity index (χ1) is 7.13. The number of rotatable bonds is 2. The van der Waals surface area contributed by atoms with Crippen molar-refractivity contribution in [3.05, 3.63) is 28.8 Å². The minimum absolute atomic E-state index is 0.0802. The third kappa shape index (κ3) is 3.70. The van der Waals surface area contributed by atoms with Gasteiger partial charge < -0.3 is 5.11 Å². The Balaban J connectivity index is 2.71. The first kappa shape index (κ1) is 11.7. The van der Waals surface area contributed by atoms with Gasteiger partial charge in [0, 0.05) is 10.6 Å². The van der Waals surface area contributed by atoms with Gasteiger partial charge in [-0.2, -0.15) is 5.10 Å². The van der Waals surface area contributed by atoms with Crippen LogP contribution in [0, 0.1) is 0 Å². The number of phenols is 1. The first-order valence-electron chi connectivity index (χ1n) is 3.91. The normalized spacial score (nSPS) is 10.3. The summed E-state index contributed by atoms with van der Waals surface area (Å²) in [6, 6.07) is 4.62. The van der Waals surface area contributed by atoms with Crippen LogP contribution >= 0.6 is 23.8 Å². The summed E-state index contributed by atoms with van der Waals surface area (Å²) >= 11 is 10.4. The molecule has 5 nitrogen and oxygen atoms in total. The van der Waals surface area contributed by atoms with Crippen LogP contribution in [0.4, 0.5) is 0 Å². The first-order valence-corrected chi connectivity index (χ1v) is 4.70. The van der Waals surface area contributed by atoms with E-state index in [-0.39, 0.29) is 10.9 Å². The lowest BCUT2D eigenvalue weighted by Gasteiger charge is -2.01. The van der Waals surface area contributed by atoms with Gasteiger partial charge in [-0.3, -0.25) is 10.9 Å². The Morgan fingerprint density at radius 3 is 3.00 bits per heavy atom. The number of nitrogens with zero attached hydrogens (tertiary/aromatic N) is 1. The van der Waals surface area contributed by atoms with Gasteiger partial charge in [0.15, 0.2) is 0 Å². The highest BCUT2D eigenvalue weighted by Gasteiger charge is 1.98. The summed E-state index contributed by atoms with van der Waals surface area (Å²) in [5, 5.41) is 13.8. The molecule has 0 unspecified atom stereocenters. The molecule has 0 amide bonds. The number of halogens is 1. The van der Waals surface area contributed by atoms with Gasteiger partial charge in [-0.05, 0) is 30.4 Å². The van der Waals surface area contributed by atoms with Crippen LogP contribution < -0.4 is 16.7 Å². The van der Waals surface area contributed by atoms with Crippen molar-refractivity contribution in [2.24, 2.45) is 10.9 Å². The highest BCUT2D eigenvalue weighted by Crippen LogP contribution is 2.19. The Hall–Kier alpha value is -1.37. The van der Waals surface area contributed by atoms with E-state index in [2.05, 4.69) is 28.2 Å². The summed E-state index contributed by atoms with van der Waals surface area (Å²) in [5.41, 5.74) is 5.11. The predicted octanol–water partition coefficient (Wildman–Crippen LogP) is 0.717. The summed E-state index contributed by atoms with van der Waals surface area (Å²) in [4.78, 5) is 0. The van der Waals surface area contributed by atoms with E-state index in [9.17, 15) is 5.11 Å². The number of hydrazone groups is 1. The molecule has 0 aliphatic rings. The summed E-state index contributed by atoms with van der Waals surface area (Å²) in [6.07, 6.45) is 1.38. The SMILES string of the molecule is NNC(=S)NN=Cc1cc(Cl)ccc1O. The van der Waals surface area contributed by atoms with Crippen molar-refractivity contribution in [1.29, 1.82) is 0 Å². The van der Waals surface area contributed by atoms with Gasteiger partial charge in [0.1, 0.15) is 5.75 Å². The second-order valence-corrected chi connectivity index (χ2v) is 3.39. The van der Waals surface area contributed by atoms with Crippen LogP contribution in [-0.2, 0) is 0 Å². The molecule has 0 saturated heterocycles. The fraction of sp³-hybridized carbons (Fsp3) is 0. The molecule has 0 fully saturated rings. The van der Waals surface area contributed by atoms with E-state index in [1.165, 1.54) is 12.3 Å². The summed E-state index contributed by atoms with van der Waals surface area (Å²) in [6.45, 7) is 0. The second-order valence-electron chi connectivity index (χ2n) is 2.55. The number of hydrogen-bond acceptors (Lipinski definition) is 4. The molecule has 5 N–H and O–H groups in total. The third-order valence-electron chi connectivity index (χ3n) is 1.49. The molecule has 15 heavy (non-hydrogen) atoms. The molecule has 1 rings (SSSR count). The van der Waals surface area contributed by atoms with Gasteiger partial charge in [0.2, 0.25) is 5.11 Å². The number of phenolic OH excluding ortho intramolecular Hbond substituents is 1. The number of nitrogens with one attached hydrogen (secondary N) is 2. The van der Waals surface area contributed by atoms with Gasteiger partial charge in [-0.25, -0.2) is 5.84 Å². The van der Waals surface area contributed by atoms with Crippen LogP contribution in [0.2, 0.25) is 5.02 Å². The fourth-order valence-corrected chi connectivity index (χ4v) is 1.05. The largest absolute Gasteiger partial charge is 0.507 e. The van der Waals surface area contributed by atoms with Crippen LogP contribution in [0.1, 0.15) is 5.56 Å². The maximum atomic E-state index is 9.41. The molecule has 0 radical (unpaired) electrons. The molecule has 0 aromatic heterocycles. The Kier molecular flexibility index (Phi) is 4.29. The minimum atomic E-state index is 0.0802. The Morgan fingerprint density at radius 1 is 1.60 bits per heavy atom. The van der Waals surface area contributed by atoms with Crippen molar-refractivity contribution >= 4 is 35.1 Å². The molecule has 0 bridgehead atoms. The molecule has 0 spiro atoms. The van der Waals surface area contributed by atoms with Crippen molar-refractivity contribution in [3.63, 3.8) is 0 Å². The van der Waals surface area contributed by atoms with Crippen molar-refractivity contribution in [3.8, 4) is 5.75 Å². The average Bonchev–Trinajstić information content (AvgIpc) is 2.23. The molecule has 1 aromatic rings. The van der Waals surface area contributed by atoms with Gasteiger partial charge in [0.05, 0.1) is 6.21 Å². The number of hydrazine groups is 1. The van der Waals surface area contributed by atoms with Gasteiger partial charge in [-0.15, -0.1) is 0 Å². The summed E-state index contributed by atoms with van der Waals surface area (Å²) in [5.74, 6) is 5.09. The second kappa shape index (κ2) is 5.50. The lowest BCUT2D eigenvalue weighted by Crippen LogP contribution is -2.37. The maximum Gasteiger partial charge on any atom is 0.201 e. The van der Waals surface area contributed by atoms with Crippen molar-refractivity contribution in [2.75, 3.05) is 0 Å². The van der Waals surface area contributed by atoms with Crippen molar-refractivity contribution < 1.29 is 5.11 Å². The van der Waals surface area contributed by atoms with Gasteiger partial charge in [0.25, 0.3) is 0 Å². The number of thiocarbonyl (C=S) groups is 1. The zero-order valence-corrected chi connectivity index (χ0v) is 9.14. The van der Waals surface area contributed by atoms with E-state index < -0.39 is 0 Å². The monoisotopic (exact) mass is 244 g/mol. The quantitative estimate of drug-likeness (QED) is 0.267. The standard InChI is InChI=1S/C8H9ClN4OS/c9-6-1-2-7(14)5(3-6)4-11-13-8(15)12-10/h1-4,14H,10H2,(H2,12,13,15). The van der Waals surface area contributed by atoms with Crippen LogP contribution in [0.25, 0.3) is 0 Å². The maximum absolute atomic E-state index is 9.41. The van der Waals surface area contributed by atoms with E-state index >= 15 is 0 Å². The zero-order valence-electron chi connectivity index (χ0n) is 7.57. The van der Waals surface area contributed by atoms with E-state index in [0.29, 0.717) is 10.6 Å². The predicted molar refractivity (Wildman–Crippen MR) is 63.8 cm³/mol. The lowest BCUT2D eigenvalue weighted by atomic mass is 10.2. The number of nitrogens with two attached hydrogens (primary N) is 1. The van der Waals surface area contributed by atoms with E-state index in [1.54, 1.807) is 12.1 Å². The Labute approximate surface area is 96.9 Å². The lowest BCUT2D eigenvalue weighted by molar-refractivity contribution is 0.474. The molecule has 0 aliphatic heterocycles. The Morgan fingerprint density at radius 2 is 2.33 bits per heavy atom. The Bertz CT molecular complexity index is 396. The molecule has 80 valence electrons. The van der Waals surface area contributed by atoms with Crippen LogP contribution in [-0.4, -0.2) is 16.4 Å². The molecular weight excluding hydrogens is 236 g/mol. The molecule has 0 heterocycles. The van der Waals surface area contributed by atoms with Gasteiger partial charge >= 0.3 is 0 Å². The highest BCUT2D eigenvalue weighted by atomic mass is 35.5. The average molecular weight is 245 g/mol. The molecular formula is C8H9ClN4OS. The molecule has 0 atom stereocenters. The van der Waals surface area contributed by atoms with Crippen molar-refractivity contribution in [2.45, 2.75) is 0 Å².